The highest BCUT2D eigenvalue weighted by molar-refractivity contribution is 7.89. The Morgan fingerprint density at radius 2 is 1.78 bits per heavy atom. The Hall–Kier alpha value is -2.03. The highest BCUT2D eigenvalue weighted by atomic mass is 32.2. The van der Waals surface area contributed by atoms with Crippen molar-refractivity contribution >= 4 is 33.1 Å². The molecule has 1 aromatic carbocycles. The van der Waals surface area contributed by atoms with Crippen molar-refractivity contribution in [2.24, 2.45) is 0 Å². The molecule has 8 heteroatoms. The number of carbonyl (C=O) groups excluding carboxylic acids is 2. The average molecular weight is 409 g/mol. The van der Waals surface area contributed by atoms with Gasteiger partial charge >= 0.3 is 0 Å². The number of benzene rings is 1. The van der Waals surface area contributed by atoms with Crippen molar-refractivity contribution < 1.29 is 18.0 Å². The number of hydrogen-bond donors (Lipinski definition) is 1. The fourth-order valence-electron chi connectivity index (χ4n) is 2.30. The van der Waals surface area contributed by atoms with E-state index in [1.165, 1.54) is 27.8 Å². The lowest BCUT2D eigenvalue weighted by Gasteiger charge is -2.21. The number of nitrogens with one attached hydrogen (secondary N) is 1. The minimum Gasteiger partial charge on any atom is -0.352 e. The monoisotopic (exact) mass is 408 g/mol. The van der Waals surface area contributed by atoms with Crippen LogP contribution < -0.4 is 5.32 Å². The van der Waals surface area contributed by atoms with E-state index in [1.807, 2.05) is 19.2 Å². The fraction of sp³-hybridized carbons (Fsp3) is 0.368. The second-order valence-corrected chi connectivity index (χ2v) is 9.38. The van der Waals surface area contributed by atoms with Gasteiger partial charge in [-0.1, -0.05) is 18.2 Å². The van der Waals surface area contributed by atoms with Gasteiger partial charge in [0.25, 0.3) is 0 Å². The highest BCUT2D eigenvalue weighted by Crippen LogP contribution is 2.17. The lowest BCUT2D eigenvalue weighted by atomic mass is 10.2. The van der Waals surface area contributed by atoms with Gasteiger partial charge in [-0.2, -0.15) is 4.31 Å². The number of carbonyl (C=O) groups is 2. The zero-order valence-electron chi connectivity index (χ0n) is 15.6. The van der Waals surface area contributed by atoms with E-state index in [-0.39, 0.29) is 42.0 Å². The number of amides is 1. The quantitative estimate of drug-likeness (QED) is 0.647. The molecular formula is C19H24N2O4S2. The first-order chi connectivity index (χ1) is 12.7. The van der Waals surface area contributed by atoms with Gasteiger partial charge < -0.3 is 5.32 Å². The largest absolute Gasteiger partial charge is 0.352 e. The Balaban J connectivity index is 1.86. The summed E-state index contributed by atoms with van der Waals surface area (Å²) in [6.07, 6.45) is 0.299. The number of hydrogen-bond acceptors (Lipinski definition) is 5. The smallest absolute Gasteiger partial charge is 0.243 e. The van der Waals surface area contributed by atoms with Gasteiger partial charge in [-0.3, -0.25) is 9.59 Å². The number of Topliss-reactive ketones (excluding diaryl/α,β-unsaturated/α-hetero) is 1. The van der Waals surface area contributed by atoms with Gasteiger partial charge in [0.15, 0.2) is 5.78 Å². The number of ketones is 1. The molecule has 0 bridgehead atoms. The Labute approximate surface area is 164 Å². The summed E-state index contributed by atoms with van der Waals surface area (Å²) in [6, 6.07) is 9.85. The lowest BCUT2D eigenvalue weighted by Crippen LogP contribution is -2.33. The first-order valence-corrected chi connectivity index (χ1v) is 10.9. The van der Waals surface area contributed by atoms with Crippen LogP contribution in [-0.4, -0.2) is 37.5 Å². The van der Waals surface area contributed by atoms with E-state index in [1.54, 1.807) is 31.3 Å². The summed E-state index contributed by atoms with van der Waals surface area (Å²) in [5, 5.41) is 4.58. The van der Waals surface area contributed by atoms with Crippen LogP contribution in [0.25, 0.3) is 0 Å². The van der Waals surface area contributed by atoms with E-state index in [0.717, 1.165) is 5.56 Å². The second-order valence-electron chi connectivity index (χ2n) is 6.44. The van der Waals surface area contributed by atoms with Crippen molar-refractivity contribution in [3.63, 3.8) is 0 Å². The van der Waals surface area contributed by atoms with E-state index >= 15 is 0 Å². The van der Waals surface area contributed by atoms with Crippen LogP contribution in [0.5, 0.6) is 0 Å². The molecule has 0 spiro atoms. The van der Waals surface area contributed by atoms with E-state index < -0.39 is 10.0 Å². The maximum Gasteiger partial charge on any atom is 0.243 e. The van der Waals surface area contributed by atoms with Gasteiger partial charge in [-0.15, -0.1) is 11.3 Å². The molecule has 1 aromatic heterocycles. The minimum atomic E-state index is -3.52. The van der Waals surface area contributed by atoms with Gasteiger partial charge in [0.1, 0.15) is 0 Å². The van der Waals surface area contributed by atoms with Gasteiger partial charge in [0.2, 0.25) is 15.9 Å². The summed E-state index contributed by atoms with van der Waals surface area (Å²) in [5.74, 6) is -0.250. The van der Waals surface area contributed by atoms with Crippen LogP contribution in [0.2, 0.25) is 0 Å². The predicted molar refractivity (Wildman–Crippen MR) is 106 cm³/mol. The van der Waals surface area contributed by atoms with Gasteiger partial charge in [-0.25, -0.2) is 8.42 Å². The second kappa shape index (κ2) is 9.25. The molecule has 1 heterocycles. The van der Waals surface area contributed by atoms with Crippen LogP contribution in [0.1, 0.15) is 41.9 Å². The first-order valence-electron chi connectivity index (χ1n) is 8.62. The normalized spacial score (nSPS) is 11.7. The molecule has 27 heavy (non-hydrogen) atoms. The Morgan fingerprint density at radius 1 is 1.11 bits per heavy atom. The molecule has 1 amide bonds. The molecule has 0 fully saturated rings. The fourth-order valence-corrected chi connectivity index (χ4v) is 4.36. The third kappa shape index (κ3) is 5.72. The summed E-state index contributed by atoms with van der Waals surface area (Å²) < 4.78 is 26.2. The van der Waals surface area contributed by atoms with Crippen LogP contribution >= 0.6 is 11.3 Å². The molecule has 2 rings (SSSR count). The van der Waals surface area contributed by atoms with Crippen LogP contribution in [0.4, 0.5) is 0 Å². The zero-order chi connectivity index (χ0) is 20.0. The van der Waals surface area contributed by atoms with Crippen molar-refractivity contribution in [1.82, 2.24) is 9.62 Å². The number of rotatable bonds is 9. The Kier molecular flexibility index (Phi) is 7.29. The SMILES string of the molecule is CC(C)N(C)S(=O)(=O)c1ccc(CNC(=O)CCC(=O)c2cccs2)cc1. The summed E-state index contributed by atoms with van der Waals surface area (Å²) in [6.45, 7) is 3.90. The molecule has 1 N–H and O–H groups in total. The lowest BCUT2D eigenvalue weighted by molar-refractivity contribution is -0.121. The Bertz CT molecular complexity index is 873. The number of thiophene rings is 1. The molecular weight excluding hydrogens is 384 g/mol. The molecule has 0 atom stereocenters. The summed E-state index contributed by atoms with van der Waals surface area (Å²) in [5.41, 5.74) is 0.791. The van der Waals surface area contributed by atoms with E-state index in [9.17, 15) is 18.0 Å². The van der Waals surface area contributed by atoms with Crippen LogP contribution in [0.15, 0.2) is 46.7 Å². The average Bonchev–Trinajstić information content (AvgIpc) is 3.18. The maximum atomic E-state index is 12.4. The highest BCUT2D eigenvalue weighted by Gasteiger charge is 2.22. The standard InChI is InChI=1S/C19H24N2O4S2/c1-14(2)21(3)27(24,25)16-8-6-15(7-9-16)13-20-19(23)11-10-17(22)18-5-4-12-26-18/h4-9,12,14H,10-11,13H2,1-3H3,(H,20,23). The maximum absolute atomic E-state index is 12.4. The van der Waals surface area contributed by atoms with Gasteiger partial charge in [-0.05, 0) is 43.0 Å². The number of nitrogens with zero attached hydrogens (tertiary/aromatic N) is 1. The molecule has 0 radical (unpaired) electrons. The molecule has 0 saturated carbocycles. The third-order valence-corrected chi connectivity index (χ3v) is 7.15. The van der Waals surface area contributed by atoms with Crippen molar-refractivity contribution in [2.45, 2.75) is 44.2 Å². The van der Waals surface area contributed by atoms with E-state index in [4.69, 9.17) is 0 Å². The predicted octanol–water partition coefficient (Wildman–Crippen LogP) is 3.06. The minimum absolute atomic E-state index is 0.0380. The summed E-state index contributed by atoms with van der Waals surface area (Å²) >= 11 is 1.37. The molecule has 0 unspecified atom stereocenters. The van der Waals surface area contributed by atoms with Crippen molar-refractivity contribution in [2.75, 3.05) is 7.05 Å². The zero-order valence-corrected chi connectivity index (χ0v) is 17.3. The molecule has 6 nitrogen and oxygen atoms in total. The van der Waals surface area contributed by atoms with Crippen LogP contribution in [0, 0.1) is 0 Å². The molecule has 146 valence electrons. The summed E-state index contributed by atoms with van der Waals surface area (Å²) in [4.78, 5) is 24.7. The molecule has 2 aromatic rings. The van der Waals surface area contributed by atoms with Crippen molar-refractivity contribution in [1.29, 1.82) is 0 Å². The molecule has 0 aliphatic heterocycles. The Morgan fingerprint density at radius 3 is 2.33 bits per heavy atom. The van der Waals surface area contributed by atoms with Gasteiger partial charge in [0, 0.05) is 32.5 Å². The van der Waals surface area contributed by atoms with E-state index in [0.29, 0.717) is 4.88 Å². The first kappa shape index (κ1) is 21.3. The van der Waals surface area contributed by atoms with Crippen LogP contribution in [0.3, 0.4) is 0 Å². The molecule has 0 aliphatic rings. The van der Waals surface area contributed by atoms with Crippen molar-refractivity contribution in [3.8, 4) is 0 Å². The van der Waals surface area contributed by atoms with Gasteiger partial charge in [0.05, 0.1) is 9.77 Å². The van der Waals surface area contributed by atoms with Crippen LogP contribution in [-0.2, 0) is 21.4 Å². The van der Waals surface area contributed by atoms with Crippen molar-refractivity contribution in [3.05, 3.63) is 52.2 Å². The topological polar surface area (TPSA) is 83.6 Å². The summed E-state index contributed by atoms with van der Waals surface area (Å²) in [7, 11) is -1.97. The molecule has 0 aliphatic carbocycles. The number of sulfonamides is 1. The third-order valence-electron chi connectivity index (χ3n) is 4.19. The van der Waals surface area contributed by atoms with E-state index in [2.05, 4.69) is 5.32 Å². The molecule has 0 saturated heterocycles.